The number of piperazine rings is 1. The Bertz CT molecular complexity index is 899. The molecule has 160 valence electrons. The molecule has 2 aromatic carbocycles. The van der Waals surface area contributed by atoms with Crippen LogP contribution < -0.4 is 4.74 Å². The third-order valence-electron chi connectivity index (χ3n) is 5.06. The predicted molar refractivity (Wildman–Crippen MR) is 111 cm³/mol. The summed E-state index contributed by atoms with van der Waals surface area (Å²) >= 11 is 5.98. The fraction of sp³-hybridized carbons (Fsp3) is 0.364. The Morgan fingerprint density at radius 1 is 1.10 bits per heavy atom. The van der Waals surface area contributed by atoms with Crippen LogP contribution in [-0.2, 0) is 9.53 Å². The number of nitrogens with zero attached hydrogens (tertiary/aromatic N) is 2. The van der Waals surface area contributed by atoms with Crippen LogP contribution in [0.25, 0.3) is 0 Å². The van der Waals surface area contributed by atoms with Crippen LogP contribution in [0.2, 0.25) is 5.02 Å². The van der Waals surface area contributed by atoms with Crippen LogP contribution in [0.3, 0.4) is 0 Å². The normalized spacial score (nSPS) is 15.5. The summed E-state index contributed by atoms with van der Waals surface area (Å²) in [6, 6.07) is 10.7. The number of rotatable bonds is 6. The number of halogens is 2. The molecule has 1 aliphatic heterocycles. The standard InChI is InChI=1S/C22H24ClFN2O4/c1-3-30-22(28)20(15-4-7-17(23)8-5-15)25-10-12-26(13-11-25)21(27)16-6-9-19(29-2)18(24)14-16/h4-9,14,20H,3,10-13H2,1-2H3. The Balaban J connectivity index is 1.71. The van der Waals surface area contributed by atoms with Crippen LogP contribution in [0.1, 0.15) is 28.9 Å². The average Bonchev–Trinajstić information content (AvgIpc) is 2.75. The summed E-state index contributed by atoms with van der Waals surface area (Å²) in [6.45, 7) is 3.84. The molecule has 0 aliphatic carbocycles. The van der Waals surface area contributed by atoms with Crippen LogP contribution in [0.5, 0.6) is 5.75 Å². The first-order chi connectivity index (χ1) is 14.4. The van der Waals surface area contributed by atoms with Gasteiger partial charge in [-0.1, -0.05) is 23.7 Å². The van der Waals surface area contributed by atoms with E-state index in [1.165, 1.54) is 19.2 Å². The third-order valence-corrected chi connectivity index (χ3v) is 5.31. The zero-order chi connectivity index (χ0) is 21.7. The summed E-state index contributed by atoms with van der Waals surface area (Å²) in [7, 11) is 1.37. The highest BCUT2D eigenvalue weighted by molar-refractivity contribution is 6.30. The van der Waals surface area contributed by atoms with Gasteiger partial charge in [0.1, 0.15) is 6.04 Å². The minimum atomic E-state index is -0.577. The highest BCUT2D eigenvalue weighted by Crippen LogP contribution is 2.26. The Morgan fingerprint density at radius 3 is 2.33 bits per heavy atom. The zero-order valence-corrected chi connectivity index (χ0v) is 17.7. The van der Waals surface area contributed by atoms with E-state index >= 15 is 0 Å². The van der Waals surface area contributed by atoms with Gasteiger partial charge in [0.2, 0.25) is 0 Å². The summed E-state index contributed by atoms with van der Waals surface area (Å²) in [4.78, 5) is 29.0. The molecule has 0 N–H and O–H groups in total. The van der Waals surface area contributed by atoms with Crippen molar-refractivity contribution in [2.75, 3.05) is 39.9 Å². The number of hydrogen-bond acceptors (Lipinski definition) is 5. The zero-order valence-electron chi connectivity index (χ0n) is 16.9. The summed E-state index contributed by atoms with van der Waals surface area (Å²) in [6.07, 6.45) is 0. The van der Waals surface area contributed by atoms with Gasteiger partial charge in [-0.3, -0.25) is 9.69 Å². The molecule has 0 spiro atoms. The van der Waals surface area contributed by atoms with Crippen molar-refractivity contribution in [2.24, 2.45) is 0 Å². The fourth-order valence-electron chi connectivity index (χ4n) is 3.53. The van der Waals surface area contributed by atoms with E-state index in [-0.39, 0.29) is 29.8 Å². The van der Waals surface area contributed by atoms with Crippen LogP contribution in [0, 0.1) is 5.82 Å². The Labute approximate surface area is 180 Å². The molecule has 8 heteroatoms. The number of benzene rings is 2. The van der Waals surface area contributed by atoms with Gasteiger partial charge in [-0.05, 0) is 42.8 Å². The highest BCUT2D eigenvalue weighted by atomic mass is 35.5. The molecule has 1 unspecified atom stereocenters. The van der Waals surface area contributed by atoms with E-state index in [9.17, 15) is 14.0 Å². The van der Waals surface area contributed by atoms with Gasteiger partial charge < -0.3 is 14.4 Å². The minimum absolute atomic E-state index is 0.0941. The second kappa shape index (κ2) is 9.91. The maximum Gasteiger partial charge on any atom is 0.328 e. The number of esters is 1. The summed E-state index contributed by atoms with van der Waals surface area (Å²) < 4.78 is 24.1. The van der Waals surface area contributed by atoms with E-state index in [1.54, 1.807) is 30.0 Å². The molecule has 3 rings (SSSR count). The van der Waals surface area contributed by atoms with E-state index < -0.39 is 11.9 Å². The van der Waals surface area contributed by atoms with Gasteiger partial charge >= 0.3 is 5.97 Å². The second-order valence-electron chi connectivity index (χ2n) is 6.88. The van der Waals surface area contributed by atoms with Gasteiger partial charge in [0.15, 0.2) is 11.6 Å². The van der Waals surface area contributed by atoms with E-state index in [2.05, 4.69) is 0 Å². The number of amides is 1. The molecule has 0 aromatic heterocycles. The van der Waals surface area contributed by atoms with Crippen molar-refractivity contribution in [2.45, 2.75) is 13.0 Å². The molecule has 0 bridgehead atoms. The Morgan fingerprint density at radius 2 is 1.77 bits per heavy atom. The molecule has 0 radical (unpaired) electrons. The van der Waals surface area contributed by atoms with Crippen LogP contribution >= 0.6 is 11.6 Å². The first kappa shape index (κ1) is 22.1. The topological polar surface area (TPSA) is 59.1 Å². The number of ether oxygens (including phenoxy) is 2. The molecule has 30 heavy (non-hydrogen) atoms. The molecule has 1 saturated heterocycles. The van der Waals surface area contributed by atoms with E-state index in [0.29, 0.717) is 31.2 Å². The molecule has 1 fully saturated rings. The van der Waals surface area contributed by atoms with Crippen molar-refractivity contribution in [1.82, 2.24) is 9.80 Å². The molecule has 1 atom stereocenters. The minimum Gasteiger partial charge on any atom is -0.494 e. The monoisotopic (exact) mass is 434 g/mol. The first-order valence-electron chi connectivity index (χ1n) is 9.73. The average molecular weight is 435 g/mol. The summed E-state index contributed by atoms with van der Waals surface area (Å²) in [5.74, 6) is -1.07. The van der Waals surface area contributed by atoms with Crippen LogP contribution in [-0.4, -0.2) is 61.6 Å². The Kier molecular flexibility index (Phi) is 7.29. The van der Waals surface area contributed by atoms with Crippen molar-refractivity contribution in [3.05, 3.63) is 64.4 Å². The SMILES string of the molecule is CCOC(=O)C(c1ccc(Cl)cc1)N1CCN(C(=O)c2ccc(OC)c(F)c2)CC1. The van der Waals surface area contributed by atoms with Gasteiger partial charge in [-0.15, -0.1) is 0 Å². The molecular formula is C22H24ClFN2O4. The largest absolute Gasteiger partial charge is 0.494 e. The van der Waals surface area contributed by atoms with Crippen molar-refractivity contribution in [1.29, 1.82) is 0 Å². The highest BCUT2D eigenvalue weighted by Gasteiger charge is 2.33. The third kappa shape index (κ3) is 4.91. The quantitative estimate of drug-likeness (QED) is 0.651. The lowest BCUT2D eigenvalue weighted by Gasteiger charge is -2.38. The van der Waals surface area contributed by atoms with Gasteiger partial charge in [0, 0.05) is 36.8 Å². The molecule has 1 aliphatic rings. The van der Waals surface area contributed by atoms with Crippen molar-refractivity contribution >= 4 is 23.5 Å². The smallest absolute Gasteiger partial charge is 0.328 e. The molecule has 1 amide bonds. The molecule has 2 aromatic rings. The van der Waals surface area contributed by atoms with Gasteiger partial charge in [0.05, 0.1) is 13.7 Å². The number of methoxy groups -OCH3 is 1. The van der Waals surface area contributed by atoms with E-state index in [1.807, 2.05) is 17.0 Å². The van der Waals surface area contributed by atoms with E-state index in [4.69, 9.17) is 21.1 Å². The van der Waals surface area contributed by atoms with Crippen molar-refractivity contribution < 1.29 is 23.5 Å². The van der Waals surface area contributed by atoms with Crippen LogP contribution in [0.4, 0.5) is 4.39 Å². The molecular weight excluding hydrogens is 411 g/mol. The maximum absolute atomic E-state index is 14.0. The summed E-state index contributed by atoms with van der Waals surface area (Å²) in [5.41, 5.74) is 1.05. The molecule has 0 saturated carbocycles. The fourth-order valence-corrected chi connectivity index (χ4v) is 3.65. The summed E-state index contributed by atoms with van der Waals surface area (Å²) in [5, 5.41) is 0.587. The maximum atomic E-state index is 14.0. The van der Waals surface area contributed by atoms with Gasteiger partial charge in [-0.2, -0.15) is 0 Å². The van der Waals surface area contributed by atoms with Crippen molar-refractivity contribution in [3.8, 4) is 5.75 Å². The Hall–Kier alpha value is -2.64. The van der Waals surface area contributed by atoms with E-state index in [0.717, 1.165) is 5.56 Å². The van der Waals surface area contributed by atoms with Gasteiger partial charge in [0.25, 0.3) is 5.91 Å². The number of carbonyl (C=O) groups excluding carboxylic acids is 2. The lowest BCUT2D eigenvalue weighted by molar-refractivity contribution is -0.150. The predicted octanol–water partition coefficient (Wildman–Crippen LogP) is 3.55. The lowest BCUT2D eigenvalue weighted by Crippen LogP contribution is -2.51. The van der Waals surface area contributed by atoms with Gasteiger partial charge in [-0.25, -0.2) is 9.18 Å². The lowest BCUT2D eigenvalue weighted by atomic mass is 10.0. The van der Waals surface area contributed by atoms with Crippen LogP contribution in [0.15, 0.2) is 42.5 Å². The molecule has 1 heterocycles. The number of carbonyl (C=O) groups is 2. The number of hydrogen-bond donors (Lipinski definition) is 0. The first-order valence-corrected chi connectivity index (χ1v) is 10.1. The second-order valence-corrected chi connectivity index (χ2v) is 7.32. The van der Waals surface area contributed by atoms with Crippen molar-refractivity contribution in [3.63, 3.8) is 0 Å². The molecule has 6 nitrogen and oxygen atoms in total.